The molecule has 1 amide bonds. The molecule has 0 aliphatic heterocycles. The molecule has 35 heavy (non-hydrogen) atoms. The summed E-state index contributed by atoms with van der Waals surface area (Å²) in [5.74, 6) is -0.487. The Bertz CT molecular complexity index is 1490. The molecule has 4 rings (SSSR count). The standard InChI is InChI=1S/C27H28N4O3S/c1-4-31(5-2)35(33,34)22-15-11-14-21(18-22)27(32)29-28-19-24-23-16-9-10-17-25(23)30(3)26(24)20-12-7-6-8-13-20/h6-19H,4-5H2,1-3H3,(H,29,32)/b28-19+. The zero-order chi connectivity index (χ0) is 25.0. The van der Waals surface area contributed by atoms with Crippen molar-refractivity contribution in [2.45, 2.75) is 18.7 Å². The Kier molecular flexibility index (Phi) is 7.14. The molecule has 0 bridgehead atoms. The molecule has 0 saturated heterocycles. The number of fused-ring (bicyclic) bond motifs is 1. The van der Waals surface area contributed by atoms with E-state index in [1.54, 1.807) is 32.2 Å². The maximum Gasteiger partial charge on any atom is 0.271 e. The van der Waals surface area contributed by atoms with Crippen molar-refractivity contribution < 1.29 is 13.2 Å². The number of aryl methyl sites for hydroxylation is 1. The Hall–Kier alpha value is -3.75. The third kappa shape index (κ3) is 4.76. The zero-order valence-corrected chi connectivity index (χ0v) is 20.8. The molecule has 7 nitrogen and oxygen atoms in total. The Labute approximate surface area is 205 Å². The minimum absolute atomic E-state index is 0.0817. The van der Waals surface area contributed by atoms with Crippen LogP contribution in [0.4, 0.5) is 0 Å². The molecule has 0 fully saturated rings. The minimum Gasteiger partial charge on any atom is -0.343 e. The lowest BCUT2D eigenvalue weighted by atomic mass is 10.1. The summed E-state index contributed by atoms with van der Waals surface area (Å²) in [5, 5.41) is 5.24. The molecule has 1 aromatic heterocycles. The van der Waals surface area contributed by atoms with E-state index in [-0.39, 0.29) is 10.5 Å². The number of benzene rings is 3. The Morgan fingerprint density at radius 2 is 1.66 bits per heavy atom. The molecule has 0 atom stereocenters. The lowest BCUT2D eigenvalue weighted by molar-refractivity contribution is 0.0955. The molecule has 0 aliphatic carbocycles. The third-order valence-corrected chi connectivity index (χ3v) is 8.04. The molecule has 0 saturated carbocycles. The van der Waals surface area contributed by atoms with E-state index in [0.29, 0.717) is 13.1 Å². The number of hydrazone groups is 1. The van der Waals surface area contributed by atoms with Crippen molar-refractivity contribution in [1.29, 1.82) is 0 Å². The predicted molar refractivity (Wildman–Crippen MR) is 140 cm³/mol. The van der Waals surface area contributed by atoms with Crippen LogP contribution in [-0.2, 0) is 17.1 Å². The highest BCUT2D eigenvalue weighted by atomic mass is 32.2. The summed E-state index contributed by atoms with van der Waals surface area (Å²) in [6, 6.07) is 24.0. The van der Waals surface area contributed by atoms with E-state index >= 15 is 0 Å². The summed E-state index contributed by atoms with van der Waals surface area (Å²) < 4.78 is 29.1. The van der Waals surface area contributed by atoms with Gasteiger partial charge in [-0.25, -0.2) is 13.8 Å². The molecule has 1 N–H and O–H groups in total. The lowest BCUT2D eigenvalue weighted by Crippen LogP contribution is -2.30. The molecule has 1 heterocycles. The Morgan fingerprint density at radius 3 is 2.37 bits per heavy atom. The van der Waals surface area contributed by atoms with Crippen molar-refractivity contribution in [3.8, 4) is 11.3 Å². The van der Waals surface area contributed by atoms with Crippen molar-refractivity contribution in [3.05, 3.63) is 90.0 Å². The van der Waals surface area contributed by atoms with Gasteiger partial charge in [0.2, 0.25) is 10.0 Å². The molecule has 4 aromatic rings. The van der Waals surface area contributed by atoms with E-state index in [1.165, 1.54) is 16.4 Å². The van der Waals surface area contributed by atoms with Crippen molar-refractivity contribution in [1.82, 2.24) is 14.3 Å². The lowest BCUT2D eigenvalue weighted by Gasteiger charge is -2.18. The second-order valence-electron chi connectivity index (χ2n) is 8.02. The van der Waals surface area contributed by atoms with Crippen LogP contribution in [0.25, 0.3) is 22.2 Å². The van der Waals surface area contributed by atoms with Gasteiger partial charge < -0.3 is 4.57 Å². The van der Waals surface area contributed by atoms with Gasteiger partial charge in [0.15, 0.2) is 0 Å². The van der Waals surface area contributed by atoms with Crippen LogP contribution in [0.2, 0.25) is 0 Å². The molecule has 0 unspecified atom stereocenters. The van der Waals surface area contributed by atoms with Gasteiger partial charge in [0, 0.05) is 42.2 Å². The van der Waals surface area contributed by atoms with E-state index in [9.17, 15) is 13.2 Å². The number of para-hydroxylation sites is 1. The van der Waals surface area contributed by atoms with E-state index in [1.807, 2.05) is 61.6 Å². The van der Waals surface area contributed by atoms with Crippen molar-refractivity contribution in [3.63, 3.8) is 0 Å². The van der Waals surface area contributed by atoms with Gasteiger partial charge in [-0.2, -0.15) is 9.41 Å². The fraction of sp³-hybridized carbons (Fsp3) is 0.185. The largest absolute Gasteiger partial charge is 0.343 e. The minimum atomic E-state index is -3.67. The summed E-state index contributed by atoms with van der Waals surface area (Å²) in [7, 11) is -1.66. The molecule has 180 valence electrons. The summed E-state index contributed by atoms with van der Waals surface area (Å²) in [5.41, 5.74) is 6.72. The number of nitrogens with zero attached hydrogens (tertiary/aromatic N) is 3. The monoisotopic (exact) mass is 488 g/mol. The number of hydrogen-bond acceptors (Lipinski definition) is 4. The van der Waals surface area contributed by atoms with E-state index in [2.05, 4.69) is 15.1 Å². The van der Waals surface area contributed by atoms with Crippen LogP contribution < -0.4 is 5.43 Å². The van der Waals surface area contributed by atoms with Crippen LogP contribution >= 0.6 is 0 Å². The first-order valence-corrected chi connectivity index (χ1v) is 12.9. The summed E-state index contributed by atoms with van der Waals surface area (Å²) in [6.07, 6.45) is 1.64. The Balaban J connectivity index is 1.64. The van der Waals surface area contributed by atoms with Gasteiger partial charge in [-0.05, 0) is 29.8 Å². The third-order valence-electron chi connectivity index (χ3n) is 5.99. The summed E-state index contributed by atoms with van der Waals surface area (Å²) in [6.45, 7) is 4.27. The number of nitrogens with one attached hydrogen (secondary N) is 1. The smallest absolute Gasteiger partial charge is 0.271 e. The molecular weight excluding hydrogens is 460 g/mol. The number of carbonyl (C=O) groups is 1. The highest BCUT2D eigenvalue weighted by Crippen LogP contribution is 2.31. The quantitative estimate of drug-likeness (QED) is 0.290. The Morgan fingerprint density at radius 1 is 0.971 bits per heavy atom. The van der Waals surface area contributed by atoms with Gasteiger partial charge in [0.05, 0.1) is 16.8 Å². The maximum absolute atomic E-state index is 12.8. The van der Waals surface area contributed by atoms with Crippen LogP contribution in [0.15, 0.2) is 88.9 Å². The fourth-order valence-corrected chi connectivity index (χ4v) is 5.73. The number of amides is 1. The van der Waals surface area contributed by atoms with Gasteiger partial charge in [-0.15, -0.1) is 0 Å². The molecule has 0 aliphatic rings. The van der Waals surface area contributed by atoms with Crippen molar-refractivity contribution in [2.75, 3.05) is 13.1 Å². The number of sulfonamides is 1. The van der Waals surface area contributed by atoms with Crippen LogP contribution in [-0.4, -0.2) is 42.5 Å². The topological polar surface area (TPSA) is 83.8 Å². The normalized spacial score (nSPS) is 12.0. The van der Waals surface area contributed by atoms with Gasteiger partial charge in [0.25, 0.3) is 5.91 Å². The first kappa shape index (κ1) is 24.4. The SMILES string of the molecule is CCN(CC)S(=O)(=O)c1cccc(C(=O)N/N=C/c2c(-c3ccccc3)n(C)c3ccccc23)c1. The zero-order valence-electron chi connectivity index (χ0n) is 20.0. The average Bonchev–Trinajstić information content (AvgIpc) is 3.16. The van der Waals surface area contributed by atoms with E-state index in [4.69, 9.17) is 0 Å². The number of carbonyl (C=O) groups excluding carboxylic acids is 1. The van der Waals surface area contributed by atoms with Gasteiger partial charge >= 0.3 is 0 Å². The number of rotatable bonds is 8. The van der Waals surface area contributed by atoms with Crippen LogP contribution in [0.1, 0.15) is 29.8 Å². The second-order valence-corrected chi connectivity index (χ2v) is 9.96. The highest BCUT2D eigenvalue weighted by molar-refractivity contribution is 7.89. The van der Waals surface area contributed by atoms with Gasteiger partial charge in [-0.3, -0.25) is 4.79 Å². The molecule has 3 aromatic carbocycles. The van der Waals surface area contributed by atoms with Crippen LogP contribution in [0, 0.1) is 0 Å². The van der Waals surface area contributed by atoms with Crippen molar-refractivity contribution in [2.24, 2.45) is 12.1 Å². The molecule has 0 spiro atoms. The fourth-order valence-electron chi connectivity index (χ4n) is 4.23. The summed E-state index contributed by atoms with van der Waals surface area (Å²) >= 11 is 0. The molecule has 8 heteroatoms. The first-order chi connectivity index (χ1) is 16.9. The molecular formula is C27H28N4O3S. The number of hydrogen-bond donors (Lipinski definition) is 1. The molecule has 0 radical (unpaired) electrons. The van der Waals surface area contributed by atoms with Crippen molar-refractivity contribution >= 4 is 33.0 Å². The number of aromatic nitrogens is 1. The summed E-state index contributed by atoms with van der Waals surface area (Å²) in [4.78, 5) is 12.9. The highest BCUT2D eigenvalue weighted by Gasteiger charge is 2.22. The van der Waals surface area contributed by atoms with Crippen LogP contribution in [0.5, 0.6) is 0 Å². The van der Waals surface area contributed by atoms with Gasteiger partial charge in [0.1, 0.15) is 0 Å². The first-order valence-electron chi connectivity index (χ1n) is 11.4. The van der Waals surface area contributed by atoms with E-state index < -0.39 is 15.9 Å². The van der Waals surface area contributed by atoms with Gasteiger partial charge in [-0.1, -0.05) is 68.4 Å². The second kappa shape index (κ2) is 10.2. The van der Waals surface area contributed by atoms with E-state index in [0.717, 1.165) is 27.7 Å². The van der Waals surface area contributed by atoms with Crippen LogP contribution in [0.3, 0.4) is 0 Å². The predicted octanol–water partition coefficient (Wildman–Crippen LogP) is 4.64. The maximum atomic E-state index is 12.8. The average molecular weight is 489 g/mol.